The van der Waals surface area contributed by atoms with Crippen LogP contribution < -0.4 is 5.73 Å². The van der Waals surface area contributed by atoms with Gasteiger partial charge in [0.1, 0.15) is 0 Å². The third kappa shape index (κ3) is 3.67. The van der Waals surface area contributed by atoms with Crippen LogP contribution in [0.2, 0.25) is 0 Å². The van der Waals surface area contributed by atoms with Crippen molar-refractivity contribution in [2.24, 2.45) is 5.73 Å². The first-order valence-corrected chi connectivity index (χ1v) is 5.85. The second kappa shape index (κ2) is 5.97. The van der Waals surface area contributed by atoms with Crippen molar-refractivity contribution in [3.63, 3.8) is 0 Å². The van der Waals surface area contributed by atoms with Crippen LogP contribution in [0, 0.1) is 0 Å². The average molecular weight is 244 g/mol. The highest BCUT2D eigenvalue weighted by molar-refractivity contribution is 5.86. The molecule has 0 spiro atoms. The lowest BCUT2D eigenvalue weighted by Gasteiger charge is -2.36. The minimum Gasteiger partial charge on any atom is -0.481 e. The molecule has 3 unspecified atom stereocenters. The molecule has 17 heavy (non-hydrogen) atoms. The summed E-state index contributed by atoms with van der Waals surface area (Å²) in [5.41, 5.74) is 5.52. The van der Waals surface area contributed by atoms with Crippen molar-refractivity contribution in [2.75, 3.05) is 7.05 Å². The van der Waals surface area contributed by atoms with Crippen LogP contribution in [0.1, 0.15) is 32.1 Å². The summed E-state index contributed by atoms with van der Waals surface area (Å²) in [7, 11) is 1.57. The predicted octanol–water partition coefficient (Wildman–Crippen LogP) is -0.450. The number of aliphatic hydroxyl groups is 1. The van der Waals surface area contributed by atoms with Gasteiger partial charge in [-0.05, 0) is 12.8 Å². The molecule has 1 fully saturated rings. The predicted molar refractivity (Wildman–Crippen MR) is 61.3 cm³/mol. The van der Waals surface area contributed by atoms with Crippen molar-refractivity contribution < 1.29 is 19.8 Å². The van der Waals surface area contributed by atoms with E-state index in [0.717, 1.165) is 19.3 Å². The quantitative estimate of drug-likeness (QED) is 0.621. The molecule has 6 heteroatoms. The summed E-state index contributed by atoms with van der Waals surface area (Å²) in [5, 5.41) is 18.4. The van der Waals surface area contributed by atoms with Gasteiger partial charge in [-0.3, -0.25) is 9.59 Å². The Morgan fingerprint density at radius 1 is 1.41 bits per heavy atom. The number of likely N-dealkylation sites (N-methyl/N-ethyl adjacent to an activating group) is 1. The zero-order valence-electron chi connectivity index (χ0n) is 10.0. The van der Waals surface area contributed by atoms with E-state index >= 15 is 0 Å². The first kappa shape index (κ1) is 13.9. The summed E-state index contributed by atoms with van der Waals surface area (Å²) in [5.74, 6) is -1.51. The molecule has 0 aromatic carbocycles. The highest BCUT2D eigenvalue weighted by Crippen LogP contribution is 2.22. The van der Waals surface area contributed by atoms with E-state index in [1.165, 1.54) is 4.90 Å². The Hall–Kier alpha value is -1.14. The molecule has 6 nitrogen and oxygen atoms in total. The number of hydrogen-bond donors (Lipinski definition) is 3. The van der Waals surface area contributed by atoms with E-state index in [9.17, 15) is 14.7 Å². The van der Waals surface area contributed by atoms with E-state index in [0.29, 0.717) is 6.42 Å². The van der Waals surface area contributed by atoms with Gasteiger partial charge in [0, 0.05) is 7.05 Å². The van der Waals surface area contributed by atoms with Gasteiger partial charge in [-0.2, -0.15) is 0 Å². The Morgan fingerprint density at radius 3 is 2.53 bits per heavy atom. The summed E-state index contributed by atoms with van der Waals surface area (Å²) in [6, 6.07) is -1.28. The van der Waals surface area contributed by atoms with Gasteiger partial charge < -0.3 is 20.8 Å². The fraction of sp³-hybridized carbons (Fsp3) is 0.818. The van der Waals surface area contributed by atoms with Crippen LogP contribution in [0.5, 0.6) is 0 Å². The number of nitrogens with two attached hydrogens (primary N) is 1. The molecule has 0 radical (unpaired) electrons. The van der Waals surface area contributed by atoms with Gasteiger partial charge in [0.2, 0.25) is 5.91 Å². The number of carbonyl (C=O) groups excluding carboxylic acids is 1. The third-order valence-corrected chi connectivity index (χ3v) is 3.25. The SMILES string of the molecule is CN(C(=O)C(N)CC(=O)O)C1CCCCC1O. The maximum atomic E-state index is 11.8. The standard InChI is InChI=1S/C11H20N2O4/c1-13(8-4-2-3-5-9(8)14)11(17)7(12)6-10(15)16/h7-9,14H,2-6,12H2,1H3,(H,15,16). The second-order valence-electron chi connectivity index (χ2n) is 4.57. The van der Waals surface area contributed by atoms with E-state index in [1.807, 2.05) is 0 Å². The molecular weight excluding hydrogens is 224 g/mol. The number of aliphatic carboxylic acids is 1. The topological polar surface area (TPSA) is 104 Å². The van der Waals surface area contributed by atoms with Crippen molar-refractivity contribution in [3.8, 4) is 0 Å². The lowest BCUT2D eigenvalue weighted by Crippen LogP contribution is -2.52. The van der Waals surface area contributed by atoms with E-state index in [-0.39, 0.29) is 12.5 Å². The maximum Gasteiger partial charge on any atom is 0.305 e. The van der Waals surface area contributed by atoms with Gasteiger partial charge in [0.25, 0.3) is 0 Å². The molecule has 0 bridgehead atoms. The molecule has 0 saturated heterocycles. The minimum atomic E-state index is -1.09. The monoisotopic (exact) mass is 244 g/mol. The fourth-order valence-electron chi connectivity index (χ4n) is 2.24. The van der Waals surface area contributed by atoms with Crippen molar-refractivity contribution in [1.82, 2.24) is 4.90 Å². The van der Waals surface area contributed by atoms with Crippen molar-refractivity contribution >= 4 is 11.9 Å². The van der Waals surface area contributed by atoms with Gasteiger partial charge in [-0.25, -0.2) is 0 Å². The molecule has 1 aliphatic carbocycles. The maximum absolute atomic E-state index is 11.8. The first-order chi connectivity index (χ1) is 7.93. The van der Waals surface area contributed by atoms with Gasteiger partial charge in [-0.15, -0.1) is 0 Å². The van der Waals surface area contributed by atoms with E-state index in [4.69, 9.17) is 10.8 Å². The molecule has 1 amide bonds. The molecule has 0 aliphatic heterocycles. The first-order valence-electron chi connectivity index (χ1n) is 5.85. The number of carbonyl (C=O) groups is 2. The van der Waals surface area contributed by atoms with Gasteiger partial charge >= 0.3 is 5.97 Å². The number of aliphatic hydroxyl groups excluding tert-OH is 1. The second-order valence-corrected chi connectivity index (χ2v) is 4.57. The van der Waals surface area contributed by atoms with Crippen molar-refractivity contribution in [3.05, 3.63) is 0 Å². The number of hydrogen-bond acceptors (Lipinski definition) is 4. The Labute approximate surface area is 100 Å². The molecule has 0 aromatic rings. The summed E-state index contributed by atoms with van der Waals surface area (Å²) in [6.45, 7) is 0. The van der Waals surface area contributed by atoms with Crippen LogP contribution in [0.15, 0.2) is 0 Å². The number of rotatable bonds is 4. The normalized spacial score (nSPS) is 26.3. The molecule has 1 rings (SSSR count). The third-order valence-electron chi connectivity index (χ3n) is 3.25. The van der Waals surface area contributed by atoms with Crippen LogP contribution in [-0.2, 0) is 9.59 Å². The minimum absolute atomic E-state index is 0.240. The molecule has 1 saturated carbocycles. The number of carboxylic acids is 1. The van der Waals surface area contributed by atoms with Crippen LogP contribution >= 0.6 is 0 Å². The van der Waals surface area contributed by atoms with E-state index in [1.54, 1.807) is 7.05 Å². The summed E-state index contributed by atoms with van der Waals surface area (Å²) < 4.78 is 0. The number of carboxylic acid groups (broad SMARTS) is 1. The molecule has 4 N–H and O–H groups in total. The Kier molecular flexibility index (Phi) is 4.89. The highest BCUT2D eigenvalue weighted by atomic mass is 16.4. The molecule has 3 atom stereocenters. The zero-order chi connectivity index (χ0) is 13.0. The zero-order valence-corrected chi connectivity index (χ0v) is 10.0. The van der Waals surface area contributed by atoms with Gasteiger partial charge in [0.05, 0.1) is 24.6 Å². The van der Waals surface area contributed by atoms with Crippen LogP contribution in [-0.4, -0.2) is 52.2 Å². The fourth-order valence-corrected chi connectivity index (χ4v) is 2.24. The Balaban J connectivity index is 2.58. The number of nitrogens with zero attached hydrogens (tertiary/aromatic N) is 1. The Bertz CT molecular complexity index is 295. The highest BCUT2D eigenvalue weighted by Gasteiger charge is 2.31. The molecule has 1 aliphatic rings. The Morgan fingerprint density at radius 2 is 2.00 bits per heavy atom. The molecule has 98 valence electrons. The number of amides is 1. The molecule has 0 aromatic heterocycles. The molecule has 0 heterocycles. The summed E-state index contributed by atoms with van der Waals surface area (Å²) in [6.07, 6.45) is 2.43. The van der Waals surface area contributed by atoms with E-state index < -0.39 is 24.0 Å². The van der Waals surface area contributed by atoms with Crippen molar-refractivity contribution in [2.45, 2.75) is 50.3 Å². The average Bonchev–Trinajstić information content (AvgIpc) is 2.27. The van der Waals surface area contributed by atoms with Gasteiger partial charge in [-0.1, -0.05) is 12.8 Å². The lowest BCUT2D eigenvalue weighted by molar-refractivity contribution is -0.143. The smallest absolute Gasteiger partial charge is 0.305 e. The largest absolute Gasteiger partial charge is 0.481 e. The summed E-state index contributed by atoms with van der Waals surface area (Å²) in [4.78, 5) is 23.7. The molecular formula is C11H20N2O4. The lowest BCUT2D eigenvalue weighted by atomic mass is 9.91. The summed E-state index contributed by atoms with van der Waals surface area (Å²) >= 11 is 0. The van der Waals surface area contributed by atoms with Crippen LogP contribution in [0.3, 0.4) is 0 Å². The van der Waals surface area contributed by atoms with Crippen LogP contribution in [0.25, 0.3) is 0 Å². The van der Waals surface area contributed by atoms with Gasteiger partial charge in [0.15, 0.2) is 0 Å². The van der Waals surface area contributed by atoms with Crippen LogP contribution in [0.4, 0.5) is 0 Å². The van der Waals surface area contributed by atoms with Crippen molar-refractivity contribution in [1.29, 1.82) is 0 Å². The van der Waals surface area contributed by atoms with E-state index in [2.05, 4.69) is 0 Å².